The Labute approximate surface area is 145 Å². The summed E-state index contributed by atoms with van der Waals surface area (Å²) in [5.41, 5.74) is 11.7. The number of pyridine rings is 1. The number of nitrogens with two attached hydrogens (primary N) is 1. The summed E-state index contributed by atoms with van der Waals surface area (Å²) in [6.45, 7) is 0.743. The number of hydrogen-bond donors (Lipinski definition) is 1. The van der Waals surface area contributed by atoms with Crippen LogP contribution in [-0.2, 0) is 6.54 Å². The van der Waals surface area contributed by atoms with Crippen molar-refractivity contribution in [2.24, 2.45) is 0 Å². The molecule has 25 heavy (non-hydrogen) atoms. The van der Waals surface area contributed by atoms with Gasteiger partial charge in [0.25, 0.3) is 0 Å². The topological polar surface area (TPSA) is 67.6 Å². The lowest BCUT2D eigenvalue weighted by Crippen LogP contribution is -1.97. The fourth-order valence-corrected chi connectivity index (χ4v) is 3.12. The lowest BCUT2D eigenvalue weighted by molar-refractivity contribution is 0.835. The number of benzene rings is 2. The summed E-state index contributed by atoms with van der Waals surface area (Å²) in [7, 11) is 0. The lowest BCUT2D eigenvalue weighted by atomic mass is 10.0. The first-order chi connectivity index (χ1) is 12.2. The Morgan fingerprint density at radius 3 is 2.64 bits per heavy atom. The van der Waals surface area contributed by atoms with E-state index in [4.69, 9.17) is 5.73 Å². The third-order valence-corrected chi connectivity index (χ3v) is 4.31. The molecule has 0 bridgehead atoms. The number of fused-ring (bicyclic) bond motifs is 1. The molecule has 120 valence electrons. The molecule has 0 aliphatic heterocycles. The van der Waals surface area contributed by atoms with Crippen molar-refractivity contribution in [2.75, 3.05) is 5.73 Å². The smallest absolute Gasteiger partial charge is 0.0991 e. The number of rotatable bonds is 3. The molecule has 0 atom stereocenters. The Kier molecular flexibility index (Phi) is 3.68. The Morgan fingerprint density at radius 2 is 1.88 bits per heavy atom. The molecule has 4 heteroatoms. The highest BCUT2D eigenvalue weighted by Gasteiger charge is 2.12. The van der Waals surface area contributed by atoms with Crippen molar-refractivity contribution in [3.63, 3.8) is 0 Å². The lowest BCUT2D eigenvalue weighted by Gasteiger charge is -2.05. The fourth-order valence-electron chi connectivity index (χ4n) is 3.12. The second-order valence-electron chi connectivity index (χ2n) is 6.00. The molecule has 0 radical (unpaired) electrons. The summed E-state index contributed by atoms with van der Waals surface area (Å²) in [5.74, 6) is 0. The molecule has 0 fully saturated rings. The predicted molar refractivity (Wildman–Crippen MR) is 99.8 cm³/mol. The van der Waals surface area contributed by atoms with E-state index in [0.29, 0.717) is 5.56 Å². The van der Waals surface area contributed by atoms with Gasteiger partial charge < -0.3 is 10.3 Å². The van der Waals surface area contributed by atoms with Gasteiger partial charge in [-0.15, -0.1) is 0 Å². The van der Waals surface area contributed by atoms with Gasteiger partial charge in [0.15, 0.2) is 0 Å². The monoisotopic (exact) mass is 324 g/mol. The molecule has 2 N–H and O–H groups in total. The van der Waals surface area contributed by atoms with Crippen LogP contribution in [0.2, 0.25) is 0 Å². The van der Waals surface area contributed by atoms with Gasteiger partial charge in [0.05, 0.1) is 11.6 Å². The largest absolute Gasteiger partial charge is 0.399 e. The van der Waals surface area contributed by atoms with Crippen LogP contribution in [0.5, 0.6) is 0 Å². The van der Waals surface area contributed by atoms with Crippen LogP contribution in [0.1, 0.15) is 11.1 Å². The van der Waals surface area contributed by atoms with E-state index in [1.165, 1.54) is 5.56 Å². The highest BCUT2D eigenvalue weighted by atomic mass is 15.0. The number of nitrogen functional groups attached to an aromatic ring is 1. The van der Waals surface area contributed by atoms with Gasteiger partial charge in [-0.25, -0.2) is 0 Å². The number of nitrogens with zero attached hydrogens (tertiary/aromatic N) is 3. The molecule has 4 nitrogen and oxygen atoms in total. The van der Waals surface area contributed by atoms with Crippen molar-refractivity contribution >= 4 is 16.6 Å². The maximum absolute atomic E-state index is 9.26. The Bertz CT molecular complexity index is 1090. The van der Waals surface area contributed by atoms with Crippen LogP contribution in [-0.4, -0.2) is 9.55 Å². The molecule has 0 aliphatic rings. The maximum atomic E-state index is 9.26. The zero-order chi connectivity index (χ0) is 17.2. The zero-order valence-electron chi connectivity index (χ0n) is 13.6. The number of anilines is 1. The van der Waals surface area contributed by atoms with E-state index in [9.17, 15) is 5.26 Å². The summed E-state index contributed by atoms with van der Waals surface area (Å²) < 4.78 is 2.20. The summed E-state index contributed by atoms with van der Waals surface area (Å²) in [6.07, 6.45) is 5.72. The van der Waals surface area contributed by atoms with Crippen molar-refractivity contribution in [2.45, 2.75) is 6.54 Å². The van der Waals surface area contributed by atoms with E-state index in [2.05, 4.69) is 21.8 Å². The van der Waals surface area contributed by atoms with Crippen LogP contribution < -0.4 is 5.73 Å². The highest BCUT2D eigenvalue weighted by molar-refractivity contribution is 5.97. The SMILES string of the molecule is N#Cc1ccc2c(c1)c(-c1cccc(N)c1)cn2Cc1ccncc1. The van der Waals surface area contributed by atoms with Gasteiger partial charge >= 0.3 is 0 Å². The minimum atomic E-state index is 0.652. The van der Waals surface area contributed by atoms with Gasteiger partial charge in [-0.3, -0.25) is 4.98 Å². The molecule has 0 unspecified atom stereocenters. The molecule has 0 saturated heterocycles. The molecule has 4 aromatic rings. The average Bonchev–Trinajstić information content (AvgIpc) is 3.00. The number of aromatic nitrogens is 2. The summed E-state index contributed by atoms with van der Waals surface area (Å²) >= 11 is 0. The zero-order valence-corrected chi connectivity index (χ0v) is 13.6. The Hall–Kier alpha value is -3.58. The Morgan fingerprint density at radius 1 is 1.04 bits per heavy atom. The number of nitriles is 1. The predicted octanol–water partition coefficient (Wildman–Crippen LogP) is 4.21. The molecule has 2 heterocycles. The molecule has 0 amide bonds. The molecular formula is C21H16N4. The first-order valence-corrected chi connectivity index (χ1v) is 8.02. The highest BCUT2D eigenvalue weighted by Crippen LogP contribution is 2.32. The minimum Gasteiger partial charge on any atom is -0.399 e. The van der Waals surface area contributed by atoms with Crippen LogP contribution >= 0.6 is 0 Å². The molecule has 0 saturated carbocycles. The number of hydrogen-bond acceptors (Lipinski definition) is 3. The van der Waals surface area contributed by atoms with Gasteiger partial charge in [-0.2, -0.15) is 5.26 Å². The van der Waals surface area contributed by atoms with Crippen LogP contribution in [0.15, 0.2) is 73.2 Å². The van der Waals surface area contributed by atoms with Crippen molar-refractivity contribution in [3.05, 3.63) is 84.3 Å². The fraction of sp³-hybridized carbons (Fsp3) is 0.0476. The van der Waals surface area contributed by atoms with E-state index in [-0.39, 0.29) is 0 Å². The molecule has 4 rings (SSSR count). The third kappa shape index (κ3) is 2.84. The van der Waals surface area contributed by atoms with E-state index in [1.807, 2.05) is 54.6 Å². The second kappa shape index (κ2) is 6.14. The summed E-state index contributed by atoms with van der Waals surface area (Å²) in [4.78, 5) is 4.08. The van der Waals surface area contributed by atoms with E-state index in [0.717, 1.165) is 34.3 Å². The normalized spacial score (nSPS) is 10.7. The molecule has 2 aromatic carbocycles. The van der Waals surface area contributed by atoms with Crippen molar-refractivity contribution in [1.82, 2.24) is 9.55 Å². The van der Waals surface area contributed by atoms with E-state index >= 15 is 0 Å². The first kappa shape index (κ1) is 15.0. The maximum Gasteiger partial charge on any atom is 0.0991 e. The van der Waals surface area contributed by atoms with Gasteiger partial charge in [-0.1, -0.05) is 12.1 Å². The van der Waals surface area contributed by atoms with Crippen LogP contribution in [0.3, 0.4) is 0 Å². The van der Waals surface area contributed by atoms with E-state index in [1.54, 1.807) is 12.4 Å². The van der Waals surface area contributed by atoms with Gasteiger partial charge in [-0.05, 0) is 53.6 Å². The van der Waals surface area contributed by atoms with Crippen molar-refractivity contribution in [3.8, 4) is 17.2 Å². The quantitative estimate of drug-likeness (QED) is 0.574. The van der Waals surface area contributed by atoms with Gasteiger partial charge in [0.1, 0.15) is 0 Å². The Balaban J connectivity index is 1.91. The van der Waals surface area contributed by atoms with Crippen LogP contribution in [0.4, 0.5) is 5.69 Å². The average molecular weight is 324 g/mol. The molecule has 2 aromatic heterocycles. The second-order valence-corrected chi connectivity index (χ2v) is 6.00. The minimum absolute atomic E-state index is 0.652. The van der Waals surface area contributed by atoms with Crippen molar-refractivity contribution < 1.29 is 0 Å². The van der Waals surface area contributed by atoms with Gasteiger partial charge in [0.2, 0.25) is 0 Å². The first-order valence-electron chi connectivity index (χ1n) is 8.02. The van der Waals surface area contributed by atoms with Crippen LogP contribution in [0.25, 0.3) is 22.0 Å². The third-order valence-electron chi connectivity index (χ3n) is 4.31. The van der Waals surface area contributed by atoms with Crippen molar-refractivity contribution in [1.29, 1.82) is 5.26 Å². The summed E-state index contributed by atoms with van der Waals surface area (Å²) in [6, 6.07) is 19.9. The molecular weight excluding hydrogens is 308 g/mol. The van der Waals surface area contributed by atoms with E-state index < -0.39 is 0 Å². The molecule has 0 aliphatic carbocycles. The van der Waals surface area contributed by atoms with Crippen LogP contribution in [0, 0.1) is 11.3 Å². The standard InChI is InChI=1S/C21H16N4/c22-12-16-4-5-21-19(10-16)20(17-2-1-3-18(23)11-17)14-25(21)13-15-6-8-24-9-7-15/h1-11,14H,13,23H2. The summed E-state index contributed by atoms with van der Waals surface area (Å²) in [5, 5.41) is 10.3. The van der Waals surface area contributed by atoms with Gasteiger partial charge in [0, 0.05) is 47.3 Å². The molecule has 0 spiro atoms.